The van der Waals surface area contributed by atoms with Gasteiger partial charge in [-0.15, -0.1) is 12.4 Å². The van der Waals surface area contributed by atoms with Gasteiger partial charge in [0.1, 0.15) is 0 Å². The molecule has 3 nitrogen and oxygen atoms in total. The Labute approximate surface area is 143 Å². The molecule has 4 heteroatoms. The minimum Gasteiger partial charge on any atom is -0.389 e. The van der Waals surface area contributed by atoms with Gasteiger partial charge in [0.15, 0.2) is 0 Å². The van der Waals surface area contributed by atoms with E-state index in [1.807, 2.05) is 0 Å². The first-order valence-corrected chi connectivity index (χ1v) is 9.31. The zero-order valence-electron chi connectivity index (χ0n) is 14.5. The molecule has 1 fully saturated rings. The summed E-state index contributed by atoms with van der Waals surface area (Å²) in [6.07, 6.45) is 16.9. The van der Waals surface area contributed by atoms with Crippen molar-refractivity contribution in [3.63, 3.8) is 0 Å². The van der Waals surface area contributed by atoms with Gasteiger partial charge in [-0.2, -0.15) is 0 Å². The highest BCUT2D eigenvalue weighted by Gasteiger charge is 2.32. The maximum absolute atomic E-state index is 9.78. The van der Waals surface area contributed by atoms with Crippen molar-refractivity contribution >= 4 is 12.4 Å². The van der Waals surface area contributed by atoms with E-state index < -0.39 is 6.10 Å². The maximum atomic E-state index is 9.78. The first kappa shape index (κ1) is 22.2. The standard InChI is InChI=1S/C18H37NO2.ClH/c1-2-3-4-5-6-7-8-9-10-11-12-13-14-17-18(20)16(19)15-21-17;/h16-18,20H,2-15,19H2,1H3;1H/t16-,17-,18+;/m0./s1. The van der Waals surface area contributed by atoms with E-state index in [2.05, 4.69) is 6.92 Å². The van der Waals surface area contributed by atoms with Crippen molar-refractivity contribution in [3.05, 3.63) is 0 Å². The van der Waals surface area contributed by atoms with Gasteiger partial charge in [-0.05, 0) is 6.42 Å². The van der Waals surface area contributed by atoms with E-state index in [4.69, 9.17) is 10.5 Å². The molecule has 22 heavy (non-hydrogen) atoms. The predicted octanol–water partition coefficient (Wildman–Crippen LogP) is 4.59. The number of aliphatic hydroxyl groups is 1. The molecule has 1 aliphatic heterocycles. The van der Waals surface area contributed by atoms with Crippen LogP contribution < -0.4 is 5.73 Å². The molecular formula is C18H38ClNO2. The lowest BCUT2D eigenvalue weighted by molar-refractivity contribution is 0.0342. The molecule has 0 aliphatic carbocycles. The van der Waals surface area contributed by atoms with Gasteiger partial charge in [0, 0.05) is 0 Å². The number of nitrogens with two attached hydrogens (primary N) is 1. The molecular weight excluding hydrogens is 298 g/mol. The van der Waals surface area contributed by atoms with Crippen molar-refractivity contribution in [1.29, 1.82) is 0 Å². The Bertz CT molecular complexity index is 241. The van der Waals surface area contributed by atoms with Gasteiger partial charge >= 0.3 is 0 Å². The number of rotatable bonds is 13. The molecule has 0 bridgehead atoms. The number of unbranched alkanes of at least 4 members (excludes halogenated alkanes) is 11. The van der Waals surface area contributed by atoms with E-state index in [-0.39, 0.29) is 24.6 Å². The van der Waals surface area contributed by atoms with Crippen LogP contribution in [-0.2, 0) is 4.74 Å². The highest BCUT2D eigenvalue weighted by Crippen LogP contribution is 2.19. The van der Waals surface area contributed by atoms with Crippen molar-refractivity contribution in [2.24, 2.45) is 5.73 Å². The summed E-state index contributed by atoms with van der Waals surface area (Å²) >= 11 is 0. The first-order valence-electron chi connectivity index (χ1n) is 9.31. The molecule has 1 aliphatic rings. The number of aliphatic hydroxyl groups excluding tert-OH is 1. The third-order valence-electron chi connectivity index (χ3n) is 4.66. The van der Waals surface area contributed by atoms with Gasteiger partial charge in [-0.25, -0.2) is 0 Å². The van der Waals surface area contributed by atoms with E-state index in [9.17, 15) is 5.11 Å². The molecule has 1 heterocycles. The topological polar surface area (TPSA) is 55.5 Å². The zero-order valence-corrected chi connectivity index (χ0v) is 15.3. The fraction of sp³-hybridized carbons (Fsp3) is 1.00. The van der Waals surface area contributed by atoms with Crippen LogP contribution in [0.2, 0.25) is 0 Å². The van der Waals surface area contributed by atoms with Gasteiger partial charge in [0.2, 0.25) is 0 Å². The van der Waals surface area contributed by atoms with Crippen LogP contribution >= 0.6 is 12.4 Å². The summed E-state index contributed by atoms with van der Waals surface area (Å²) in [5.41, 5.74) is 5.73. The van der Waals surface area contributed by atoms with Crippen LogP contribution in [-0.4, -0.2) is 30.0 Å². The third kappa shape index (κ3) is 10.0. The molecule has 0 radical (unpaired) electrons. The quantitative estimate of drug-likeness (QED) is 0.484. The summed E-state index contributed by atoms with van der Waals surface area (Å²) in [7, 11) is 0. The van der Waals surface area contributed by atoms with E-state index in [1.165, 1.54) is 70.6 Å². The average Bonchev–Trinajstić information content (AvgIpc) is 2.80. The minimum atomic E-state index is -0.447. The lowest BCUT2D eigenvalue weighted by atomic mass is 10.0. The molecule has 0 aromatic carbocycles. The highest BCUT2D eigenvalue weighted by molar-refractivity contribution is 5.85. The Kier molecular flexibility index (Phi) is 14.9. The monoisotopic (exact) mass is 335 g/mol. The van der Waals surface area contributed by atoms with Crippen molar-refractivity contribution < 1.29 is 9.84 Å². The van der Waals surface area contributed by atoms with Crippen molar-refractivity contribution in [2.75, 3.05) is 6.61 Å². The van der Waals surface area contributed by atoms with Crippen LogP contribution in [0.5, 0.6) is 0 Å². The second kappa shape index (κ2) is 14.7. The van der Waals surface area contributed by atoms with E-state index in [1.54, 1.807) is 0 Å². The summed E-state index contributed by atoms with van der Waals surface area (Å²) in [6, 6.07) is -0.174. The summed E-state index contributed by atoms with van der Waals surface area (Å²) in [5, 5.41) is 9.78. The number of hydrogen-bond donors (Lipinski definition) is 2. The van der Waals surface area contributed by atoms with Gasteiger partial charge in [-0.3, -0.25) is 0 Å². The number of halogens is 1. The molecule has 3 atom stereocenters. The molecule has 0 amide bonds. The van der Waals surface area contributed by atoms with Crippen LogP contribution in [0.3, 0.4) is 0 Å². The molecule has 3 N–H and O–H groups in total. The Hall–Kier alpha value is 0.170. The van der Waals surface area contributed by atoms with Crippen molar-refractivity contribution in [2.45, 2.75) is 109 Å². The predicted molar refractivity (Wildman–Crippen MR) is 96.7 cm³/mol. The molecule has 0 aromatic heterocycles. The van der Waals surface area contributed by atoms with Crippen LogP contribution in [0.1, 0.15) is 90.4 Å². The molecule has 0 aromatic rings. The van der Waals surface area contributed by atoms with Crippen LogP contribution in [0.15, 0.2) is 0 Å². The Morgan fingerprint density at radius 2 is 1.32 bits per heavy atom. The summed E-state index contributed by atoms with van der Waals surface area (Å²) in [6.45, 7) is 2.79. The highest BCUT2D eigenvalue weighted by atomic mass is 35.5. The summed E-state index contributed by atoms with van der Waals surface area (Å²) in [4.78, 5) is 0. The molecule has 0 saturated carbocycles. The largest absolute Gasteiger partial charge is 0.389 e. The fourth-order valence-corrected chi connectivity index (χ4v) is 3.15. The van der Waals surface area contributed by atoms with Crippen LogP contribution in [0.25, 0.3) is 0 Å². The molecule has 0 unspecified atom stereocenters. The second-order valence-electron chi connectivity index (χ2n) is 6.70. The second-order valence-corrected chi connectivity index (χ2v) is 6.70. The Balaban J connectivity index is 0.00000441. The van der Waals surface area contributed by atoms with Crippen LogP contribution in [0, 0.1) is 0 Å². The first-order chi connectivity index (χ1) is 10.3. The van der Waals surface area contributed by atoms with Gasteiger partial charge < -0.3 is 15.6 Å². The number of hydrogen-bond acceptors (Lipinski definition) is 3. The molecule has 0 spiro atoms. The maximum Gasteiger partial charge on any atom is 0.0974 e. The van der Waals surface area contributed by atoms with Gasteiger partial charge in [0.05, 0.1) is 24.9 Å². The van der Waals surface area contributed by atoms with E-state index in [0.717, 1.165) is 12.8 Å². The SMILES string of the molecule is CCCCCCCCCCCCCC[C@@H]1OC[C@H](N)[C@H]1O.Cl. The summed E-state index contributed by atoms with van der Waals surface area (Å²) < 4.78 is 5.50. The molecule has 134 valence electrons. The minimum absolute atomic E-state index is 0. The van der Waals surface area contributed by atoms with E-state index >= 15 is 0 Å². The Morgan fingerprint density at radius 3 is 1.73 bits per heavy atom. The normalized spacial score (nSPS) is 24.4. The number of ether oxygens (including phenoxy) is 1. The zero-order chi connectivity index (χ0) is 15.3. The lowest BCUT2D eigenvalue weighted by Crippen LogP contribution is -2.36. The third-order valence-corrected chi connectivity index (χ3v) is 4.66. The molecule has 1 saturated heterocycles. The van der Waals surface area contributed by atoms with E-state index in [0.29, 0.717) is 6.61 Å². The van der Waals surface area contributed by atoms with Crippen LogP contribution in [0.4, 0.5) is 0 Å². The lowest BCUT2D eigenvalue weighted by Gasteiger charge is -2.14. The fourth-order valence-electron chi connectivity index (χ4n) is 3.15. The van der Waals surface area contributed by atoms with Gasteiger partial charge in [0.25, 0.3) is 0 Å². The molecule has 1 rings (SSSR count). The Morgan fingerprint density at radius 1 is 0.864 bits per heavy atom. The smallest absolute Gasteiger partial charge is 0.0974 e. The van der Waals surface area contributed by atoms with Gasteiger partial charge in [-0.1, -0.05) is 84.0 Å². The van der Waals surface area contributed by atoms with Crippen molar-refractivity contribution in [3.8, 4) is 0 Å². The summed E-state index contributed by atoms with van der Waals surface area (Å²) in [5.74, 6) is 0. The average molecular weight is 336 g/mol. The van der Waals surface area contributed by atoms with Crippen molar-refractivity contribution in [1.82, 2.24) is 0 Å².